The number of anilines is 1. The zero-order valence-corrected chi connectivity index (χ0v) is 30.1. The number of nitrogens with zero attached hydrogens (tertiary/aromatic N) is 2. The number of alkyl carbamates (subject to hydrolysis) is 1. The summed E-state index contributed by atoms with van der Waals surface area (Å²) in [6.07, 6.45) is 15.7. The first-order valence-electron chi connectivity index (χ1n) is 17.5. The van der Waals surface area contributed by atoms with E-state index in [-0.39, 0.29) is 19.3 Å². The van der Waals surface area contributed by atoms with Gasteiger partial charge in [-0.25, -0.2) is 4.79 Å². The number of hydrogen-bond acceptors (Lipinski definition) is 6. The first-order valence-corrected chi connectivity index (χ1v) is 17.5. The molecule has 0 saturated heterocycles. The molecule has 2 amide bonds. The van der Waals surface area contributed by atoms with Crippen molar-refractivity contribution in [1.82, 2.24) is 5.32 Å². The number of methoxy groups -OCH3 is 2. The number of nitrogens with two attached hydrogens (primary N) is 1. The van der Waals surface area contributed by atoms with Crippen molar-refractivity contribution in [3.63, 3.8) is 0 Å². The second-order valence-electron chi connectivity index (χ2n) is 12.8. The molecule has 2 fully saturated rings. The maximum atomic E-state index is 12.7. The van der Waals surface area contributed by atoms with Crippen LogP contribution in [0.4, 0.5) is 14.9 Å². The van der Waals surface area contributed by atoms with Crippen molar-refractivity contribution in [2.24, 2.45) is 16.6 Å². The molecule has 0 unspecified atom stereocenters. The van der Waals surface area contributed by atoms with Crippen LogP contribution in [0.3, 0.4) is 0 Å². The van der Waals surface area contributed by atoms with Gasteiger partial charge in [0.05, 0.1) is 20.9 Å². The minimum absolute atomic E-state index is 0. The molecule has 2 saturated carbocycles. The Hall–Kier alpha value is -3.88. The summed E-state index contributed by atoms with van der Waals surface area (Å²) < 4.78 is 20.9. The number of halogens is 1. The Morgan fingerprint density at radius 3 is 2.27 bits per heavy atom. The van der Waals surface area contributed by atoms with Crippen LogP contribution >= 0.6 is 0 Å². The van der Waals surface area contributed by atoms with Gasteiger partial charge in [-0.1, -0.05) is 62.8 Å². The smallest absolute Gasteiger partial charge is 0.406 e. The second-order valence-corrected chi connectivity index (χ2v) is 12.8. The van der Waals surface area contributed by atoms with E-state index in [1.807, 2.05) is 45.2 Å². The lowest BCUT2D eigenvalue weighted by Crippen LogP contribution is -2.33. The number of carbonyl (C=O) groups is 2. The molecule has 2 aliphatic rings. The first-order chi connectivity index (χ1) is 23.1. The van der Waals surface area contributed by atoms with E-state index in [0.717, 1.165) is 54.2 Å². The number of alkyl halides is 1. The van der Waals surface area contributed by atoms with Crippen molar-refractivity contribution in [2.75, 3.05) is 39.4 Å². The SMILES string of the molecule is CC(C)N=C/C(=C\N)c1cccc(N(C)C(=O)C2CCCCC2)c1.COC(=O)NCCCF.COc1ccc(C2CCCCC2)cc1C.[HH]. The number of rotatable bonds is 10. The van der Waals surface area contributed by atoms with Crippen molar-refractivity contribution in [3.8, 4) is 5.75 Å². The van der Waals surface area contributed by atoms with E-state index in [2.05, 4.69) is 40.2 Å². The molecular formula is C39H61FN4O4. The van der Waals surface area contributed by atoms with Gasteiger partial charge in [0.2, 0.25) is 5.91 Å². The third-order valence-electron chi connectivity index (χ3n) is 8.80. The van der Waals surface area contributed by atoms with E-state index < -0.39 is 12.8 Å². The van der Waals surface area contributed by atoms with Crippen LogP contribution in [-0.2, 0) is 9.53 Å². The van der Waals surface area contributed by atoms with Crippen LogP contribution in [0.25, 0.3) is 5.57 Å². The minimum atomic E-state index is -0.511. The number of hydrogen-bond donors (Lipinski definition) is 2. The van der Waals surface area contributed by atoms with Crippen molar-refractivity contribution >= 4 is 29.5 Å². The summed E-state index contributed by atoms with van der Waals surface area (Å²) in [6.45, 7) is 6.10. The lowest BCUT2D eigenvalue weighted by molar-refractivity contribution is -0.123. The molecule has 268 valence electrons. The molecule has 2 aromatic carbocycles. The van der Waals surface area contributed by atoms with Gasteiger partial charge in [0.1, 0.15) is 5.75 Å². The zero-order valence-electron chi connectivity index (χ0n) is 30.1. The normalized spacial score (nSPS) is 15.5. The Bertz CT molecular complexity index is 1310. The average molecular weight is 669 g/mol. The second kappa shape index (κ2) is 22.6. The van der Waals surface area contributed by atoms with Crippen LogP contribution in [0.1, 0.15) is 109 Å². The Morgan fingerprint density at radius 1 is 1.04 bits per heavy atom. The van der Waals surface area contributed by atoms with E-state index in [4.69, 9.17) is 10.5 Å². The van der Waals surface area contributed by atoms with E-state index in [1.165, 1.54) is 56.8 Å². The van der Waals surface area contributed by atoms with Gasteiger partial charge in [0.25, 0.3) is 0 Å². The zero-order chi connectivity index (χ0) is 35.3. The Kier molecular flexibility index (Phi) is 19.0. The van der Waals surface area contributed by atoms with Gasteiger partial charge in [-0.3, -0.25) is 14.2 Å². The number of amides is 2. The molecule has 2 aromatic rings. The third kappa shape index (κ3) is 14.1. The molecule has 0 aliphatic heterocycles. The fourth-order valence-electron chi connectivity index (χ4n) is 6.01. The number of allylic oxidation sites excluding steroid dienone is 1. The topological polar surface area (TPSA) is 106 Å². The molecule has 0 radical (unpaired) electrons. The van der Waals surface area contributed by atoms with Gasteiger partial charge in [-0.05, 0) is 93.7 Å². The fourth-order valence-corrected chi connectivity index (χ4v) is 6.01. The van der Waals surface area contributed by atoms with Crippen molar-refractivity contribution in [2.45, 2.75) is 103 Å². The largest absolute Gasteiger partial charge is 0.496 e. The third-order valence-corrected chi connectivity index (χ3v) is 8.80. The first kappa shape index (κ1) is 40.3. The number of carbonyl (C=O) groups excluding carboxylic acids is 2. The standard InChI is InChI=1S/C20H29N3O.C14H20O.C5H10FNO2.H2/c1-15(2)22-14-18(13-21)17-10-7-11-19(12-17)23(3)20(24)16-8-5-4-6-9-16;1-11-10-13(8-9-14(11)15-2)12-6-4-3-5-7-12;1-9-5(8)7-4-2-3-6;/h7,10-16H,4-6,8-9,21H2,1-3H3;8-10,12H,3-7H2,1-2H3;2-4H2,1H3,(H,7,8);1H/b18-13+,22-14?;;;. The number of aryl methyl sites for hydroxylation is 1. The summed E-state index contributed by atoms with van der Waals surface area (Å²) in [5, 5.41) is 2.33. The van der Waals surface area contributed by atoms with Crippen LogP contribution < -0.4 is 20.7 Å². The van der Waals surface area contributed by atoms with Gasteiger partial charge in [0.15, 0.2) is 0 Å². The minimum Gasteiger partial charge on any atom is -0.496 e. The summed E-state index contributed by atoms with van der Waals surface area (Å²) in [6, 6.07) is 14.8. The van der Waals surface area contributed by atoms with Crippen LogP contribution in [0, 0.1) is 12.8 Å². The molecular weight excluding hydrogens is 607 g/mol. The van der Waals surface area contributed by atoms with Crippen LogP contribution in [-0.4, -0.2) is 58.7 Å². The molecule has 3 N–H and O–H groups in total. The van der Waals surface area contributed by atoms with Gasteiger partial charge in [-0.2, -0.15) is 0 Å². The van der Waals surface area contributed by atoms with Gasteiger partial charge >= 0.3 is 6.09 Å². The highest BCUT2D eigenvalue weighted by molar-refractivity contribution is 6.10. The molecule has 0 spiro atoms. The lowest BCUT2D eigenvalue weighted by Gasteiger charge is -2.26. The highest BCUT2D eigenvalue weighted by Gasteiger charge is 2.25. The summed E-state index contributed by atoms with van der Waals surface area (Å²) in [5.41, 5.74) is 11.3. The van der Waals surface area contributed by atoms with Crippen LogP contribution in [0.2, 0.25) is 0 Å². The van der Waals surface area contributed by atoms with Gasteiger partial charge < -0.3 is 25.4 Å². The Morgan fingerprint density at radius 2 is 1.71 bits per heavy atom. The van der Waals surface area contributed by atoms with Crippen LogP contribution in [0.5, 0.6) is 5.75 Å². The molecule has 0 heterocycles. The van der Waals surface area contributed by atoms with E-state index in [1.54, 1.807) is 24.4 Å². The van der Waals surface area contributed by atoms with E-state index >= 15 is 0 Å². The van der Waals surface area contributed by atoms with Crippen molar-refractivity contribution < 1.29 is 24.9 Å². The van der Waals surface area contributed by atoms with Gasteiger partial charge in [-0.15, -0.1) is 0 Å². The summed E-state index contributed by atoms with van der Waals surface area (Å²) in [7, 11) is 4.87. The van der Waals surface area contributed by atoms with Crippen LogP contribution in [0.15, 0.2) is 53.7 Å². The lowest BCUT2D eigenvalue weighted by atomic mass is 9.83. The highest BCUT2D eigenvalue weighted by Crippen LogP contribution is 2.34. The number of benzene rings is 2. The Balaban J connectivity index is 0.000000409. The maximum Gasteiger partial charge on any atom is 0.406 e. The van der Waals surface area contributed by atoms with E-state index in [9.17, 15) is 14.0 Å². The maximum absolute atomic E-state index is 12.7. The molecule has 9 heteroatoms. The summed E-state index contributed by atoms with van der Waals surface area (Å²) in [5.74, 6) is 2.19. The van der Waals surface area contributed by atoms with E-state index in [0.29, 0.717) is 13.0 Å². The number of nitrogens with one attached hydrogen (secondary N) is 1. The summed E-state index contributed by atoms with van der Waals surface area (Å²) in [4.78, 5) is 29.1. The molecule has 0 atom stereocenters. The van der Waals surface area contributed by atoms with Crippen molar-refractivity contribution in [3.05, 3.63) is 65.4 Å². The molecule has 4 rings (SSSR count). The summed E-state index contributed by atoms with van der Waals surface area (Å²) >= 11 is 0. The van der Waals surface area contributed by atoms with Crippen molar-refractivity contribution in [1.29, 1.82) is 0 Å². The number of aliphatic imine (C=N–C) groups is 1. The molecule has 48 heavy (non-hydrogen) atoms. The predicted octanol–water partition coefficient (Wildman–Crippen LogP) is 9.01. The fraction of sp³-hybridized carbons (Fsp3) is 0.564. The number of ether oxygens (including phenoxy) is 2. The monoisotopic (exact) mass is 668 g/mol. The average Bonchev–Trinajstić information content (AvgIpc) is 3.12. The van der Waals surface area contributed by atoms with Gasteiger partial charge in [0, 0.05) is 50.7 Å². The highest BCUT2D eigenvalue weighted by atomic mass is 19.1. The Labute approximate surface area is 289 Å². The predicted molar refractivity (Wildman–Crippen MR) is 199 cm³/mol. The molecule has 0 bridgehead atoms. The quantitative estimate of drug-likeness (QED) is 0.194. The molecule has 8 nitrogen and oxygen atoms in total. The molecule has 0 aromatic heterocycles. The molecule has 2 aliphatic carbocycles.